The predicted octanol–water partition coefficient (Wildman–Crippen LogP) is 5.58. The van der Waals surface area contributed by atoms with Crippen molar-refractivity contribution in [2.24, 2.45) is 11.1 Å². The van der Waals surface area contributed by atoms with Gasteiger partial charge in [-0.2, -0.15) is 5.10 Å². The molecule has 0 bridgehead atoms. The van der Waals surface area contributed by atoms with Crippen molar-refractivity contribution >= 4 is 5.91 Å². The van der Waals surface area contributed by atoms with Crippen LogP contribution in [0.15, 0.2) is 72.9 Å². The lowest BCUT2D eigenvalue weighted by Crippen LogP contribution is -2.45. The van der Waals surface area contributed by atoms with E-state index in [1.165, 1.54) is 6.20 Å². The Kier molecular flexibility index (Phi) is 8.99. The molecule has 40 heavy (non-hydrogen) atoms. The highest BCUT2D eigenvalue weighted by molar-refractivity contribution is 5.92. The van der Waals surface area contributed by atoms with Gasteiger partial charge < -0.3 is 10.6 Å². The molecule has 0 aliphatic rings. The Labute approximate surface area is 231 Å². The van der Waals surface area contributed by atoms with Crippen LogP contribution in [-0.2, 0) is 6.54 Å². The van der Waals surface area contributed by atoms with Crippen LogP contribution >= 0.6 is 0 Å². The van der Waals surface area contributed by atoms with E-state index >= 15 is 0 Å². The quantitative estimate of drug-likeness (QED) is 0.278. The molecule has 210 valence electrons. The van der Waals surface area contributed by atoms with Crippen molar-refractivity contribution in [2.45, 2.75) is 45.8 Å². The van der Waals surface area contributed by atoms with Crippen molar-refractivity contribution in [1.29, 1.82) is 0 Å². The molecule has 2 N–H and O–H groups in total. The van der Waals surface area contributed by atoms with Crippen molar-refractivity contribution in [3.8, 4) is 11.4 Å². The summed E-state index contributed by atoms with van der Waals surface area (Å²) in [4.78, 5) is 24.4. The maximum absolute atomic E-state index is 14.8. The van der Waals surface area contributed by atoms with Crippen LogP contribution in [0.2, 0.25) is 0 Å². The molecule has 7 nitrogen and oxygen atoms in total. The van der Waals surface area contributed by atoms with Gasteiger partial charge in [0.2, 0.25) is 0 Å². The molecule has 1 amide bonds. The number of alkyl halides is 1. The van der Waals surface area contributed by atoms with Crippen LogP contribution in [0.1, 0.15) is 55.1 Å². The molecular weight excluding hydrogens is 517 g/mol. The fourth-order valence-corrected chi connectivity index (χ4v) is 4.57. The molecular formula is C30H33F3N6O. The number of amides is 1. The molecule has 2 heterocycles. The molecule has 0 aliphatic heterocycles. The molecule has 4 aromatic rings. The van der Waals surface area contributed by atoms with Crippen LogP contribution in [0.5, 0.6) is 0 Å². The lowest BCUT2D eigenvalue weighted by atomic mass is 9.84. The third-order valence-corrected chi connectivity index (χ3v) is 6.51. The van der Waals surface area contributed by atoms with Crippen LogP contribution in [0.3, 0.4) is 0 Å². The van der Waals surface area contributed by atoms with E-state index in [2.05, 4.69) is 10.1 Å². The van der Waals surface area contributed by atoms with Gasteiger partial charge in [-0.15, -0.1) is 0 Å². The van der Waals surface area contributed by atoms with Gasteiger partial charge in [0.05, 0.1) is 18.2 Å². The number of nitrogens with zero attached hydrogens (tertiary/aromatic N) is 5. The molecule has 0 spiro atoms. The number of hydrogen-bond donors (Lipinski definition) is 1. The van der Waals surface area contributed by atoms with E-state index in [-0.39, 0.29) is 42.5 Å². The van der Waals surface area contributed by atoms with Crippen LogP contribution < -0.4 is 5.73 Å². The average molecular weight is 551 g/mol. The number of aromatic nitrogens is 4. The molecule has 0 saturated carbocycles. The lowest BCUT2D eigenvalue weighted by Gasteiger charge is -2.39. The van der Waals surface area contributed by atoms with E-state index in [4.69, 9.17) is 10.7 Å². The fraction of sp³-hybridized carbons (Fsp3) is 0.333. The standard InChI is InChI=1S/C30H33F3N6O/c1-30(2,3)26(38(16-14-22(34)18-31)29(40)25-11-7-8-15-35-25)28-36-27(23-17-21(32)12-13-24(23)33)37-39(28)19-20-9-5-4-6-10-20/h4-13,15,17,22,26H,14,16,18-19,34H2,1-3H3/t22?,26-/m0/s1. The first-order valence-electron chi connectivity index (χ1n) is 13.1. The largest absolute Gasteiger partial charge is 0.326 e. The van der Waals surface area contributed by atoms with Gasteiger partial charge >= 0.3 is 0 Å². The molecule has 0 fully saturated rings. The molecule has 2 atom stereocenters. The van der Waals surface area contributed by atoms with Gasteiger partial charge in [-0.1, -0.05) is 57.2 Å². The van der Waals surface area contributed by atoms with Gasteiger partial charge in [0, 0.05) is 18.8 Å². The summed E-state index contributed by atoms with van der Waals surface area (Å²) in [5.74, 6) is -1.33. The highest BCUT2D eigenvalue weighted by atomic mass is 19.1. The monoisotopic (exact) mass is 550 g/mol. The highest BCUT2D eigenvalue weighted by Crippen LogP contribution is 2.39. The smallest absolute Gasteiger partial charge is 0.273 e. The van der Waals surface area contributed by atoms with Crippen LogP contribution in [0.25, 0.3) is 11.4 Å². The average Bonchev–Trinajstić information content (AvgIpc) is 3.34. The first-order valence-corrected chi connectivity index (χ1v) is 13.1. The van der Waals surface area contributed by atoms with Crippen molar-refractivity contribution < 1.29 is 18.0 Å². The second kappa shape index (κ2) is 12.4. The summed E-state index contributed by atoms with van der Waals surface area (Å²) in [6.45, 7) is 5.46. The van der Waals surface area contributed by atoms with Crippen LogP contribution in [-0.4, -0.2) is 49.8 Å². The van der Waals surface area contributed by atoms with Gasteiger partial charge in [-0.05, 0) is 47.7 Å². The van der Waals surface area contributed by atoms with Gasteiger partial charge in [0.25, 0.3) is 5.91 Å². The number of pyridine rings is 1. The maximum Gasteiger partial charge on any atom is 0.273 e. The van der Waals surface area contributed by atoms with E-state index in [0.29, 0.717) is 5.82 Å². The van der Waals surface area contributed by atoms with E-state index in [1.807, 2.05) is 51.1 Å². The number of rotatable bonds is 10. The van der Waals surface area contributed by atoms with Crippen molar-refractivity contribution in [1.82, 2.24) is 24.6 Å². The topological polar surface area (TPSA) is 89.9 Å². The Morgan fingerprint density at radius 3 is 2.42 bits per heavy atom. The lowest BCUT2D eigenvalue weighted by molar-refractivity contribution is 0.0463. The second-order valence-corrected chi connectivity index (χ2v) is 10.7. The Morgan fingerprint density at radius 2 is 1.77 bits per heavy atom. The zero-order valence-electron chi connectivity index (χ0n) is 22.8. The molecule has 10 heteroatoms. The minimum atomic E-state index is -0.765. The van der Waals surface area contributed by atoms with Gasteiger partial charge in [-0.3, -0.25) is 9.78 Å². The summed E-state index contributed by atoms with van der Waals surface area (Å²) < 4.78 is 43.9. The van der Waals surface area contributed by atoms with Crippen molar-refractivity contribution in [2.75, 3.05) is 13.2 Å². The molecule has 2 aromatic heterocycles. The van der Waals surface area contributed by atoms with Crippen LogP contribution in [0.4, 0.5) is 13.2 Å². The Morgan fingerprint density at radius 1 is 1.05 bits per heavy atom. The zero-order chi connectivity index (χ0) is 28.9. The predicted molar refractivity (Wildman–Crippen MR) is 147 cm³/mol. The molecule has 4 rings (SSSR count). The second-order valence-electron chi connectivity index (χ2n) is 10.7. The number of carbonyl (C=O) groups excluding carboxylic acids is 1. The fourth-order valence-electron chi connectivity index (χ4n) is 4.57. The number of nitrogens with two attached hydrogens (primary N) is 1. The Bertz CT molecular complexity index is 1420. The third-order valence-electron chi connectivity index (χ3n) is 6.51. The zero-order valence-corrected chi connectivity index (χ0v) is 22.8. The van der Waals surface area contributed by atoms with E-state index < -0.39 is 35.8 Å². The van der Waals surface area contributed by atoms with Crippen molar-refractivity contribution in [3.63, 3.8) is 0 Å². The number of hydrogen-bond acceptors (Lipinski definition) is 5. The Hall–Kier alpha value is -4.05. The van der Waals surface area contributed by atoms with Crippen LogP contribution in [0, 0.1) is 17.0 Å². The third kappa shape index (κ3) is 6.74. The van der Waals surface area contributed by atoms with E-state index in [9.17, 15) is 18.0 Å². The van der Waals surface area contributed by atoms with Gasteiger partial charge in [0.15, 0.2) is 11.6 Å². The molecule has 1 unspecified atom stereocenters. The van der Waals surface area contributed by atoms with E-state index in [0.717, 1.165) is 23.8 Å². The number of carbonyl (C=O) groups is 1. The number of halogens is 3. The summed E-state index contributed by atoms with van der Waals surface area (Å²) in [6, 6.07) is 16.1. The summed E-state index contributed by atoms with van der Waals surface area (Å²) in [5, 5.41) is 4.60. The van der Waals surface area contributed by atoms with Gasteiger partial charge in [0.1, 0.15) is 24.0 Å². The van der Waals surface area contributed by atoms with Gasteiger partial charge in [-0.25, -0.2) is 22.8 Å². The summed E-state index contributed by atoms with van der Waals surface area (Å²) in [6.07, 6.45) is 1.72. The minimum absolute atomic E-state index is 0.0112. The summed E-state index contributed by atoms with van der Waals surface area (Å²) >= 11 is 0. The molecule has 0 saturated heterocycles. The maximum atomic E-state index is 14.8. The molecule has 0 radical (unpaired) electrons. The summed E-state index contributed by atoms with van der Waals surface area (Å²) in [7, 11) is 0. The van der Waals surface area contributed by atoms with E-state index in [1.54, 1.807) is 27.8 Å². The normalized spacial score (nSPS) is 13.2. The van der Waals surface area contributed by atoms with Crippen molar-refractivity contribution in [3.05, 3.63) is 102 Å². The highest BCUT2D eigenvalue weighted by Gasteiger charge is 2.39. The summed E-state index contributed by atoms with van der Waals surface area (Å²) in [5.41, 5.74) is 6.30. The minimum Gasteiger partial charge on any atom is -0.326 e. The SMILES string of the molecule is CC(C)(C)[C@H](c1nc(-c2cc(F)ccc2F)nn1Cc1ccccc1)N(CCC(N)CF)C(=O)c1ccccn1. The molecule has 2 aromatic carbocycles. The Balaban J connectivity index is 1.90. The molecule has 0 aliphatic carbocycles. The first kappa shape index (κ1) is 28.9. The first-order chi connectivity index (χ1) is 19.1. The number of benzene rings is 2.